The second-order valence-corrected chi connectivity index (χ2v) is 3.20. The van der Waals surface area contributed by atoms with Crippen LogP contribution in [0.4, 0.5) is 0 Å². The van der Waals surface area contributed by atoms with Crippen LogP contribution in [0.1, 0.15) is 6.42 Å². The van der Waals surface area contributed by atoms with Crippen LogP contribution in [0.2, 0.25) is 0 Å². The van der Waals surface area contributed by atoms with Gasteiger partial charge in [0.15, 0.2) is 0 Å². The van der Waals surface area contributed by atoms with Gasteiger partial charge < -0.3 is 25.7 Å². The molecular weight excluding hydrogens is 162 g/mol. The fourth-order valence-corrected chi connectivity index (χ4v) is 1.51. The molecule has 0 aromatic rings. The highest BCUT2D eigenvalue weighted by Crippen LogP contribution is 2.07. The third-order valence-electron chi connectivity index (χ3n) is 2.33. The zero-order valence-electron chi connectivity index (χ0n) is 6.80. The summed E-state index contributed by atoms with van der Waals surface area (Å²) in [5.41, 5.74) is 0. The first-order valence-electron chi connectivity index (χ1n) is 4.15. The summed E-state index contributed by atoms with van der Waals surface area (Å²) in [7, 11) is 0. The lowest BCUT2D eigenvalue weighted by molar-refractivity contribution is -0.716. The Morgan fingerprint density at radius 3 is 2.42 bits per heavy atom. The molecule has 0 unspecified atom stereocenters. The van der Waals surface area contributed by atoms with Gasteiger partial charge in [0.2, 0.25) is 0 Å². The van der Waals surface area contributed by atoms with Gasteiger partial charge in [-0.3, -0.25) is 0 Å². The SMILES string of the molecule is OCC[C@@H]1[NH2+]C[C@H](O)[C@@H](O)[C@@H]1O. The maximum atomic E-state index is 9.39. The van der Waals surface area contributed by atoms with Crippen LogP contribution in [0.5, 0.6) is 0 Å². The number of aliphatic hydroxyl groups excluding tert-OH is 4. The average Bonchev–Trinajstić information content (AvgIpc) is 2.07. The molecule has 1 aliphatic heterocycles. The molecule has 0 aliphatic carbocycles. The Morgan fingerprint density at radius 2 is 1.83 bits per heavy atom. The normalized spacial score (nSPS) is 43.0. The molecule has 0 aromatic carbocycles. The Labute approximate surface area is 70.6 Å². The summed E-state index contributed by atoms with van der Waals surface area (Å²) in [5, 5.41) is 38.1. The fourth-order valence-electron chi connectivity index (χ4n) is 1.51. The van der Waals surface area contributed by atoms with Crippen LogP contribution in [-0.4, -0.2) is 57.9 Å². The number of hydrogen-bond acceptors (Lipinski definition) is 4. The number of aliphatic hydroxyl groups is 4. The van der Waals surface area contributed by atoms with E-state index in [-0.39, 0.29) is 12.6 Å². The van der Waals surface area contributed by atoms with E-state index in [1.165, 1.54) is 0 Å². The van der Waals surface area contributed by atoms with Crippen molar-refractivity contribution in [1.29, 1.82) is 0 Å². The van der Waals surface area contributed by atoms with Crippen LogP contribution in [-0.2, 0) is 0 Å². The van der Waals surface area contributed by atoms with Gasteiger partial charge in [-0.15, -0.1) is 0 Å². The first kappa shape index (κ1) is 9.88. The molecule has 5 nitrogen and oxygen atoms in total. The molecule has 1 aliphatic rings. The Kier molecular flexibility index (Phi) is 3.42. The van der Waals surface area contributed by atoms with Crippen molar-refractivity contribution in [2.45, 2.75) is 30.8 Å². The van der Waals surface area contributed by atoms with Gasteiger partial charge in [-0.1, -0.05) is 0 Å². The zero-order valence-corrected chi connectivity index (χ0v) is 6.80. The number of piperidine rings is 1. The minimum absolute atomic E-state index is 0.0129. The molecule has 0 aromatic heterocycles. The molecule has 0 saturated carbocycles. The number of rotatable bonds is 2. The molecule has 0 spiro atoms. The number of nitrogens with two attached hydrogens (primary N) is 1. The Bertz CT molecular complexity index is 143. The largest absolute Gasteiger partial charge is 0.396 e. The molecule has 1 rings (SSSR count). The van der Waals surface area contributed by atoms with Crippen molar-refractivity contribution in [3.05, 3.63) is 0 Å². The molecule has 1 heterocycles. The molecule has 72 valence electrons. The summed E-state index contributed by atoms with van der Waals surface area (Å²) < 4.78 is 0. The maximum Gasteiger partial charge on any atom is 0.134 e. The van der Waals surface area contributed by atoms with E-state index in [2.05, 4.69) is 0 Å². The summed E-state index contributed by atoms with van der Waals surface area (Å²) >= 11 is 0. The van der Waals surface area contributed by atoms with Crippen LogP contribution >= 0.6 is 0 Å². The summed E-state index contributed by atoms with van der Waals surface area (Å²) in [6.45, 7) is 0.365. The highest BCUT2D eigenvalue weighted by molar-refractivity contribution is 4.83. The first-order valence-corrected chi connectivity index (χ1v) is 4.15. The van der Waals surface area contributed by atoms with Crippen molar-refractivity contribution in [3.63, 3.8) is 0 Å². The third kappa shape index (κ3) is 1.94. The van der Waals surface area contributed by atoms with Crippen molar-refractivity contribution in [2.75, 3.05) is 13.2 Å². The van der Waals surface area contributed by atoms with Gasteiger partial charge in [-0.2, -0.15) is 0 Å². The monoisotopic (exact) mass is 178 g/mol. The van der Waals surface area contributed by atoms with Gasteiger partial charge in [-0.25, -0.2) is 0 Å². The van der Waals surface area contributed by atoms with Crippen LogP contribution in [0, 0.1) is 0 Å². The van der Waals surface area contributed by atoms with Gasteiger partial charge >= 0.3 is 0 Å². The minimum atomic E-state index is -1.08. The van der Waals surface area contributed by atoms with E-state index >= 15 is 0 Å². The van der Waals surface area contributed by atoms with Gasteiger partial charge in [0, 0.05) is 13.0 Å². The van der Waals surface area contributed by atoms with E-state index in [0.717, 1.165) is 0 Å². The van der Waals surface area contributed by atoms with Gasteiger partial charge in [0.25, 0.3) is 0 Å². The van der Waals surface area contributed by atoms with E-state index in [4.69, 9.17) is 10.2 Å². The van der Waals surface area contributed by atoms with Gasteiger partial charge in [0.1, 0.15) is 30.9 Å². The van der Waals surface area contributed by atoms with E-state index in [9.17, 15) is 10.2 Å². The summed E-state index contributed by atoms with van der Waals surface area (Å²) in [5.74, 6) is 0. The lowest BCUT2D eigenvalue weighted by Crippen LogP contribution is -2.98. The maximum absolute atomic E-state index is 9.39. The summed E-state index contributed by atoms with van der Waals surface area (Å²) in [4.78, 5) is 0. The van der Waals surface area contributed by atoms with Crippen LogP contribution in [0.25, 0.3) is 0 Å². The third-order valence-corrected chi connectivity index (χ3v) is 2.33. The highest BCUT2D eigenvalue weighted by atomic mass is 16.4. The molecule has 12 heavy (non-hydrogen) atoms. The molecule has 0 amide bonds. The smallest absolute Gasteiger partial charge is 0.134 e. The van der Waals surface area contributed by atoms with Gasteiger partial charge in [-0.05, 0) is 0 Å². The topological polar surface area (TPSA) is 97.5 Å². The molecule has 5 heteroatoms. The first-order chi connectivity index (χ1) is 5.66. The van der Waals surface area contributed by atoms with Crippen molar-refractivity contribution in [3.8, 4) is 0 Å². The fraction of sp³-hybridized carbons (Fsp3) is 1.00. The van der Waals surface area contributed by atoms with Crippen molar-refractivity contribution in [1.82, 2.24) is 0 Å². The molecule has 4 atom stereocenters. The molecule has 1 saturated heterocycles. The van der Waals surface area contributed by atoms with Crippen molar-refractivity contribution in [2.24, 2.45) is 0 Å². The van der Waals surface area contributed by atoms with Crippen LogP contribution in [0.3, 0.4) is 0 Å². The molecule has 1 fully saturated rings. The molecule has 0 radical (unpaired) electrons. The predicted octanol–water partition coefficient (Wildman–Crippen LogP) is -3.60. The van der Waals surface area contributed by atoms with E-state index in [0.29, 0.717) is 13.0 Å². The lowest BCUT2D eigenvalue weighted by Gasteiger charge is -2.32. The van der Waals surface area contributed by atoms with Crippen molar-refractivity contribution < 1.29 is 25.7 Å². The number of hydrogen-bond donors (Lipinski definition) is 5. The number of quaternary nitrogens is 1. The predicted molar refractivity (Wildman–Crippen MR) is 40.3 cm³/mol. The second kappa shape index (κ2) is 4.15. The zero-order chi connectivity index (χ0) is 9.14. The van der Waals surface area contributed by atoms with Crippen LogP contribution < -0.4 is 5.32 Å². The van der Waals surface area contributed by atoms with E-state index < -0.39 is 18.3 Å². The molecular formula is C7H16NO4+. The molecule has 0 bridgehead atoms. The average molecular weight is 178 g/mol. The standard InChI is InChI=1S/C7H15NO4/c9-2-1-4-6(11)7(12)5(10)3-8-4/h4-12H,1-3H2/p+1/t4-,5-,6+,7+/m0/s1. The van der Waals surface area contributed by atoms with Crippen LogP contribution in [0.15, 0.2) is 0 Å². The summed E-state index contributed by atoms with van der Waals surface area (Å²) in [6, 6.07) is -0.201. The Balaban J connectivity index is 2.46. The van der Waals surface area contributed by atoms with E-state index in [1.807, 2.05) is 0 Å². The Hall–Kier alpha value is -0.200. The van der Waals surface area contributed by atoms with Crippen molar-refractivity contribution >= 4 is 0 Å². The quantitative estimate of drug-likeness (QED) is 0.302. The highest BCUT2D eigenvalue weighted by Gasteiger charge is 2.38. The molecule has 6 N–H and O–H groups in total. The summed E-state index contributed by atoms with van der Waals surface area (Å²) in [6.07, 6.45) is -2.45. The van der Waals surface area contributed by atoms with Gasteiger partial charge in [0.05, 0.1) is 0 Å². The van der Waals surface area contributed by atoms with E-state index in [1.54, 1.807) is 5.32 Å². The second-order valence-electron chi connectivity index (χ2n) is 3.20. The minimum Gasteiger partial charge on any atom is -0.396 e. The Morgan fingerprint density at radius 1 is 1.17 bits per heavy atom. The lowest BCUT2D eigenvalue weighted by atomic mass is 9.94.